The first-order valence-corrected chi connectivity index (χ1v) is 9.92. The molecule has 2 atom stereocenters. The van der Waals surface area contributed by atoms with E-state index < -0.39 is 0 Å². The molecule has 3 amide bonds. The average molecular weight is 373 g/mol. The van der Waals surface area contributed by atoms with Crippen molar-refractivity contribution in [1.82, 2.24) is 10.2 Å². The summed E-state index contributed by atoms with van der Waals surface area (Å²) in [5.74, 6) is 0.350. The van der Waals surface area contributed by atoms with E-state index in [0.29, 0.717) is 19.0 Å². The van der Waals surface area contributed by atoms with E-state index in [9.17, 15) is 9.59 Å². The number of quaternary nitrogens is 1. The second-order valence-electron chi connectivity index (χ2n) is 7.02. The normalized spacial score (nSPS) is 16.6. The number of urea groups is 1. The zero-order valence-corrected chi connectivity index (χ0v) is 16.3. The predicted octanol–water partition coefficient (Wildman–Crippen LogP) is 2.46. The fraction of sp³-hybridized carbons (Fsp3) is 0.400. The highest BCUT2D eigenvalue weighted by atomic mass is 32.1. The van der Waals surface area contributed by atoms with E-state index in [1.54, 1.807) is 11.3 Å². The van der Waals surface area contributed by atoms with Crippen LogP contribution < -0.4 is 10.6 Å². The monoisotopic (exact) mass is 372 g/mol. The van der Waals surface area contributed by atoms with Gasteiger partial charge >= 0.3 is 6.03 Å². The van der Waals surface area contributed by atoms with Crippen LogP contribution in [0.1, 0.15) is 48.7 Å². The molecule has 2 heterocycles. The van der Waals surface area contributed by atoms with Crippen LogP contribution in [0.4, 0.5) is 4.79 Å². The minimum atomic E-state index is -0.337. The van der Waals surface area contributed by atoms with Gasteiger partial charge in [0.15, 0.2) is 6.04 Å². The molecule has 1 aliphatic rings. The molecule has 1 aliphatic heterocycles. The Bertz CT molecular complexity index is 756. The number of carbonyl (C=O) groups is 2. The third kappa shape index (κ3) is 3.97. The van der Waals surface area contributed by atoms with E-state index in [2.05, 4.69) is 60.2 Å². The third-order valence-corrected chi connectivity index (χ3v) is 5.76. The first kappa shape index (κ1) is 18.6. The largest absolute Gasteiger partial charge is 0.336 e. The molecular formula is C20H26N3O2S+. The van der Waals surface area contributed by atoms with Gasteiger partial charge in [0, 0.05) is 18.7 Å². The Hall–Kier alpha value is -2.18. The smallest absolute Gasteiger partial charge is 0.324 e. The summed E-state index contributed by atoms with van der Waals surface area (Å²) in [7, 11) is 0. The number of imide groups is 1. The molecule has 26 heavy (non-hydrogen) atoms. The molecule has 0 bridgehead atoms. The topological polar surface area (TPSA) is 66.0 Å². The molecule has 2 aromatic rings. The summed E-state index contributed by atoms with van der Waals surface area (Å²) in [4.78, 5) is 27.0. The zero-order valence-electron chi connectivity index (χ0n) is 15.4. The van der Waals surface area contributed by atoms with E-state index >= 15 is 0 Å². The van der Waals surface area contributed by atoms with Crippen molar-refractivity contribution >= 4 is 23.3 Å². The minimum absolute atomic E-state index is 0.0424. The second-order valence-corrected chi connectivity index (χ2v) is 8.00. The molecule has 3 rings (SSSR count). The quantitative estimate of drug-likeness (QED) is 0.818. The molecule has 5 nitrogen and oxygen atoms in total. The number of rotatable bonds is 6. The lowest BCUT2D eigenvalue weighted by Crippen LogP contribution is -2.92. The summed E-state index contributed by atoms with van der Waals surface area (Å²) in [6.45, 7) is 7.21. The van der Waals surface area contributed by atoms with Gasteiger partial charge in [-0.15, -0.1) is 11.3 Å². The van der Waals surface area contributed by atoms with Crippen molar-refractivity contribution < 1.29 is 14.9 Å². The number of hydrogen-bond acceptors (Lipinski definition) is 3. The number of amides is 3. The van der Waals surface area contributed by atoms with Crippen molar-refractivity contribution in [3.8, 4) is 0 Å². The lowest BCUT2D eigenvalue weighted by Gasteiger charge is -2.22. The van der Waals surface area contributed by atoms with E-state index in [-0.39, 0.29) is 24.0 Å². The minimum Gasteiger partial charge on any atom is -0.336 e. The Kier molecular flexibility index (Phi) is 5.74. The van der Waals surface area contributed by atoms with Gasteiger partial charge in [-0.25, -0.2) is 4.79 Å². The highest BCUT2D eigenvalue weighted by Crippen LogP contribution is 2.25. The average Bonchev–Trinajstić information content (AvgIpc) is 3.30. The van der Waals surface area contributed by atoms with Gasteiger partial charge in [0.25, 0.3) is 5.91 Å². The summed E-state index contributed by atoms with van der Waals surface area (Å²) in [6, 6.07) is 12.2. The molecular weight excluding hydrogens is 346 g/mol. The van der Waals surface area contributed by atoms with Crippen LogP contribution in [0.5, 0.6) is 0 Å². The maximum Gasteiger partial charge on any atom is 0.324 e. The molecule has 0 spiro atoms. The molecule has 1 fully saturated rings. The van der Waals surface area contributed by atoms with Crippen LogP contribution in [0.15, 0.2) is 41.8 Å². The van der Waals surface area contributed by atoms with Crippen LogP contribution in [-0.4, -0.2) is 36.0 Å². The molecule has 0 saturated carbocycles. The van der Waals surface area contributed by atoms with Gasteiger partial charge in [0.2, 0.25) is 0 Å². The predicted molar refractivity (Wildman–Crippen MR) is 103 cm³/mol. The van der Waals surface area contributed by atoms with Crippen LogP contribution in [0, 0.1) is 0 Å². The highest BCUT2D eigenvalue weighted by molar-refractivity contribution is 7.10. The summed E-state index contributed by atoms with van der Waals surface area (Å²) in [6.07, 6.45) is 0. The molecule has 1 saturated heterocycles. The van der Waals surface area contributed by atoms with E-state index in [4.69, 9.17) is 0 Å². The Morgan fingerprint density at radius 1 is 1.15 bits per heavy atom. The SMILES string of the molecule is CC(C)c1ccc([C@@H]([NH2+][C@H](C)C(=O)N2CCNC2=O)c2cccs2)cc1. The van der Waals surface area contributed by atoms with Gasteiger partial charge in [-0.3, -0.25) is 9.69 Å². The number of nitrogens with zero attached hydrogens (tertiary/aromatic N) is 1. The van der Waals surface area contributed by atoms with Crippen molar-refractivity contribution in [3.05, 3.63) is 57.8 Å². The van der Waals surface area contributed by atoms with Crippen molar-refractivity contribution in [2.24, 2.45) is 0 Å². The van der Waals surface area contributed by atoms with Crippen LogP contribution in [0.25, 0.3) is 0 Å². The third-order valence-electron chi connectivity index (χ3n) is 4.81. The van der Waals surface area contributed by atoms with Crippen LogP contribution in [0.3, 0.4) is 0 Å². The number of thiophene rings is 1. The molecule has 6 heteroatoms. The molecule has 0 radical (unpaired) electrons. The van der Waals surface area contributed by atoms with Crippen molar-refractivity contribution in [2.45, 2.75) is 38.8 Å². The lowest BCUT2D eigenvalue weighted by atomic mass is 9.98. The summed E-state index contributed by atoms with van der Waals surface area (Å²) >= 11 is 1.69. The van der Waals surface area contributed by atoms with Crippen molar-refractivity contribution in [3.63, 3.8) is 0 Å². The zero-order chi connectivity index (χ0) is 18.7. The van der Waals surface area contributed by atoms with Crippen LogP contribution in [0.2, 0.25) is 0 Å². The molecule has 3 N–H and O–H groups in total. The number of nitrogens with two attached hydrogens (primary N) is 1. The van der Waals surface area contributed by atoms with Crippen LogP contribution in [-0.2, 0) is 4.79 Å². The molecule has 0 unspecified atom stereocenters. The van der Waals surface area contributed by atoms with E-state index in [1.807, 2.05) is 13.0 Å². The molecule has 138 valence electrons. The number of carbonyl (C=O) groups excluding carboxylic acids is 2. The second kappa shape index (κ2) is 8.01. The lowest BCUT2D eigenvalue weighted by molar-refractivity contribution is -0.704. The first-order valence-electron chi connectivity index (χ1n) is 9.05. The van der Waals surface area contributed by atoms with Gasteiger partial charge in [-0.2, -0.15) is 0 Å². The fourth-order valence-corrected chi connectivity index (χ4v) is 4.06. The maximum atomic E-state index is 12.7. The van der Waals surface area contributed by atoms with Gasteiger partial charge in [0.1, 0.15) is 6.04 Å². The highest BCUT2D eigenvalue weighted by Gasteiger charge is 2.33. The van der Waals surface area contributed by atoms with Gasteiger partial charge in [0.05, 0.1) is 4.88 Å². The van der Waals surface area contributed by atoms with Gasteiger partial charge in [-0.1, -0.05) is 44.2 Å². The van der Waals surface area contributed by atoms with E-state index in [1.165, 1.54) is 20.9 Å². The molecule has 1 aromatic carbocycles. The Morgan fingerprint density at radius 2 is 1.85 bits per heavy atom. The maximum absolute atomic E-state index is 12.7. The van der Waals surface area contributed by atoms with Gasteiger partial charge < -0.3 is 10.6 Å². The number of benzene rings is 1. The van der Waals surface area contributed by atoms with Crippen LogP contribution >= 0.6 is 11.3 Å². The Balaban J connectivity index is 1.80. The van der Waals surface area contributed by atoms with Gasteiger partial charge in [-0.05, 0) is 29.9 Å². The van der Waals surface area contributed by atoms with Crippen molar-refractivity contribution in [1.29, 1.82) is 0 Å². The number of hydrogen-bond donors (Lipinski definition) is 2. The molecule has 1 aromatic heterocycles. The molecule has 0 aliphatic carbocycles. The summed E-state index contributed by atoms with van der Waals surface area (Å²) in [5, 5.41) is 6.80. The van der Waals surface area contributed by atoms with E-state index in [0.717, 1.165) is 0 Å². The summed E-state index contributed by atoms with van der Waals surface area (Å²) < 4.78 is 0. The Morgan fingerprint density at radius 3 is 2.38 bits per heavy atom. The number of nitrogens with one attached hydrogen (secondary N) is 1. The summed E-state index contributed by atoms with van der Waals surface area (Å²) in [5.41, 5.74) is 2.47. The fourth-order valence-electron chi connectivity index (χ4n) is 3.23. The first-order chi connectivity index (χ1) is 12.5. The van der Waals surface area contributed by atoms with Crippen molar-refractivity contribution in [2.75, 3.05) is 13.1 Å². The Labute approximate surface area is 158 Å². The standard InChI is InChI=1S/C20H25N3O2S/c1-13(2)15-6-8-16(9-7-15)18(17-5-4-12-26-17)22-14(3)19(24)23-11-10-21-20(23)25/h4-9,12-14,18,22H,10-11H2,1-3H3,(H,21,25)/p+1/t14-,18-/m1/s1.